The van der Waals surface area contributed by atoms with Crippen molar-refractivity contribution in [3.8, 4) is 5.75 Å². The molecular formula is C27H30FN3O. The molecule has 1 saturated heterocycles. The normalized spacial score (nSPS) is 19.1. The lowest BCUT2D eigenvalue weighted by molar-refractivity contribution is 0.185. The number of rotatable bonds is 5. The number of nitrogens with two attached hydrogens (primary N) is 1. The van der Waals surface area contributed by atoms with Crippen molar-refractivity contribution in [2.24, 2.45) is 5.73 Å². The van der Waals surface area contributed by atoms with Gasteiger partial charge in [0.1, 0.15) is 18.2 Å². The van der Waals surface area contributed by atoms with E-state index >= 15 is 0 Å². The fourth-order valence-electron chi connectivity index (χ4n) is 5.12. The molecular weight excluding hydrogens is 401 g/mol. The molecule has 0 bridgehead atoms. The standard InChI is InChI=1S/C27H30FN3O/c1-19-6-4-7-20(14-19)15-27(29)30-13-5-8-23(30)17-31-24-12-11-22(28)16-21(24)18-32-26-10-3-2-9-25(26)31/h2-4,6-7,9-12,14,16,23,27H,5,8,13,15,17-18,29H2,1H3. The van der Waals surface area contributed by atoms with Crippen LogP contribution < -0.4 is 15.4 Å². The van der Waals surface area contributed by atoms with Crippen LogP contribution in [0.5, 0.6) is 5.75 Å². The summed E-state index contributed by atoms with van der Waals surface area (Å²) in [5.41, 5.74) is 12.2. The largest absolute Gasteiger partial charge is 0.487 e. The SMILES string of the molecule is Cc1cccc(CC(N)N2CCCC2CN2c3ccc(F)cc3COc3ccccc32)c1. The van der Waals surface area contributed by atoms with Gasteiger partial charge in [-0.3, -0.25) is 4.90 Å². The lowest BCUT2D eigenvalue weighted by Crippen LogP contribution is -2.49. The van der Waals surface area contributed by atoms with Crippen LogP contribution in [0.3, 0.4) is 0 Å². The van der Waals surface area contributed by atoms with Crippen molar-refractivity contribution in [2.45, 2.75) is 45.0 Å². The van der Waals surface area contributed by atoms with Crippen LogP contribution in [0.1, 0.15) is 29.5 Å². The lowest BCUT2D eigenvalue weighted by Gasteiger charge is -2.35. The second-order valence-corrected chi connectivity index (χ2v) is 8.93. The molecule has 3 aromatic rings. The Balaban J connectivity index is 1.42. The molecule has 0 amide bonds. The maximum absolute atomic E-state index is 14.0. The fraction of sp³-hybridized carbons (Fsp3) is 0.333. The zero-order chi connectivity index (χ0) is 22.1. The average molecular weight is 432 g/mol. The van der Waals surface area contributed by atoms with Gasteiger partial charge in [-0.2, -0.15) is 0 Å². The van der Waals surface area contributed by atoms with Gasteiger partial charge in [-0.05, 0) is 55.7 Å². The van der Waals surface area contributed by atoms with Crippen LogP contribution in [-0.2, 0) is 13.0 Å². The summed E-state index contributed by atoms with van der Waals surface area (Å²) in [5, 5.41) is 0. The molecule has 2 unspecified atom stereocenters. The zero-order valence-corrected chi connectivity index (χ0v) is 18.5. The van der Waals surface area contributed by atoms with Crippen LogP contribution in [0.25, 0.3) is 0 Å². The summed E-state index contributed by atoms with van der Waals surface area (Å²) < 4.78 is 20.0. The Kier molecular flexibility index (Phi) is 5.85. The van der Waals surface area contributed by atoms with Crippen LogP contribution >= 0.6 is 0 Å². The highest BCUT2D eigenvalue weighted by atomic mass is 19.1. The molecule has 4 nitrogen and oxygen atoms in total. The third kappa shape index (κ3) is 4.23. The second-order valence-electron chi connectivity index (χ2n) is 8.93. The number of anilines is 2. The third-order valence-electron chi connectivity index (χ3n) is 6.64. The van der Waals surface area contributed by atoms with E-state index < -0.39 is 0 Å². The molecule has 1 fully saturated rings. The van der Waals surface area contributed by atoms with Crippen molar-refractivity contribution in [3.63, 3.8) is 0 Å². The molecule has 3 aromatic carbocycles. The highest BCUT2D eigenvalue weighted by Crippen LogP contribution is 2.40. The number of halogens is 1. The summed E-state index contributed by atoms with van der Waals surface area (Å²) in [4.78, 5) is 4.74. The fourth-order valence-corrected chi connectivity index (χ4v) is 5.12. The summed E-state index contributed by atoms with van der Waals surface area (Å²) in [7, 11) is 0. The predicted octanol–water partition coefficient (Wildman–Crippen LogP) is 5.16. The van der Waals surface area contributed by atoms with E-state index in [2.05, 4.69) is 47.1 Å². The molecule has 166 valence electrons. The van der Waals surface area contributed by atoms with E-state index in [-0.39, 0.29) is 12.0 Å². The van der Waals surface area contributed by atoms with Gasteiger partial charge in [0.2, 0.25) is 0 Å². The van der Waals surface area contributed by atoms with E-state index in [1.165, 1.54) is 17.2 Å². The quantitative estimate of drug-likeness (QED) is 0.606. The van der Waals surface area contributed by atoms with Crippen molar-refractivity contribution in [3.05, 3.63) is 89.2 Å². The summed E-state index contributed by atoms with van der Waals surface area (Å²) >= 11 is 0. The molecule has 0 aliphatic carbocycles. The van der Waals surface area contributed by atoms with E-state index in [1.807, 2.05) is 24.3 Å². The summed E-state index contributed by atoms with van der Waals surface area (Å²) in [6.07, 6.45) is 3.03. The number of benzene rings is 3. The van der Waals surface area contributed by atoms with Crippen molar-refractivity contribution >= 4 is 11.4 Å². The van der Waals surface area contributed by atoms with Crippen LogP contribution in [0, 0.1) is 12.7 Å². The smallest absolute Gasteiger partial charge is 0.143 e. The van der Waals surface area contributed by atoms with Crippen molar-refractivity contribution in [2.75, 3.05) is 18.0 Å². The van der Waals surface area contributed by atoms with Gasteiger partial charge < -0.3 is 15.4 Å². The zero-order valence-electron chi connectivity index (χ0n) is 18.5. The van der Waals surface area contributed by atoms with E-state index in [1.54, 1.807) is 6.07 Å². The predicted molar refractivity (Wildman–Crippen MR) is 127 cm³/mol. The molecule has 5 rings (SSSR count). The van der Waals surface area contributed by atoms with Crippen LogP contribution in [-0.4, -0.2) is 30.2 Å². The minimum atomic E-state index is -0.235. The maximum atomic E-state index is 14.0. The molecule has 0 spiro atoms. The first-order valence-electron chi connectivity index (χ1n) is 11.4. The second kappa shape index (κ2) is 8.93. The number of nitrogens with zero attached hydrogens (tertiary/aromatic N) is 2. The van der Waals surface area contributed by atoms with Crippen molar-refractivity contribution in [1.82, 2.24) is 4.90 Å². The van der Waals surface area contributed by atoms with E-state index in [0.717, 1.165) is 55.0 Å². The minimum Gasteiger partial charge on any atom is -0.487 e. The van der Waals surface area contributed by atoms with Gasteiger partial charge in [0.05, 0.1) is 11.9 Å². The molecule has 32 heavy (non-hydrogen) atoms. The molecule has 2 heterocycles. The molecule has 2 aliphatic heterocycles. The first kappa shape index (κ1) is 21.0. The molecule has 2 N–H and O–H groups in total. The van der Waals surface area contributed by atoms with E-state index in [9.17, 15) is 4.39 Å². The van der Waals surface area contributed by atoms with Crippen molar-refractivity contribution < 1.29 is 9.13 Å². The summed E-state index contributed by atoms with van der Waals surface area (Å²) in [6, 6.07) is 22.0. The average Bonchev–Trinajstić information content (AvgIpc) is 3.19. The Morgan fingerprint density at radius 2 is 1.94 bits per heavy atom. The lowest BCUT2D eigenvalue weighted by atomic mass is 10.1. The Morgan fingerprint density at radius 1 is 1.06 bits per heavy atom. The highest BCUT2D eigenvalue weighted by molar-refractivity contribution is 5.73. The summed E-state index contributed by atoms with van der Waals surface area (Å²) in [5.74, 6) is 0.596. The number of para-hydroxylation sites is 2. The minimum absolute atomic E-state index is 0.0320. The van der Waals surface area contributed by atoms with Crippen LogP contribution in [0.4, 0.5) is 15.8 Å². The van der Waals surface area contributed by atoms with E-state index in [0.29, 0.717) is 12.6 Å². The molecule has 0 aromatic heterocycles. The van der Waals surface area contributed by atoms with Gasteiger partial charge in [-0.1, -0.05) is 42.0 Å². The Morgan fingerprint density at radius 3 is 2.81 bits per heavy atom. The molecule has 2 aliphatic rings. The number of hydrogen-bond donors (Lipinski definition) is 1. The van der Waals surface area contributed by atoms with Gasteiger partial charge in [-0.25, -0.2) is 4.39 Å². The number of hydrogen-bond acceptors (Lipinski definition) is 4. The van der Waals surface area contributed by atoms with Gasteiger partial charge in [0.15, 0.2) is 0 Å². The molecule has 5 heteroatoms. The van der Waals surface area contributed by atoms with Gasteiger partial charge in [-0.15, -0.1) is 0 Å². The van der Waals surface area contributed by atoms with Gasteiger partial charge >= 0.3 is 0 Å². The first-order chi connectivity index (χ1) is 15.6. The Bertz CT molecular complexity index is 1100. The maximum Gasteiger partial charge on any atom is 0.143 e. The summed E-state index contributed by atoms with van der Waals surface area (Å²) in [6.45, 7) is 4.27. The number of fused-ring (bicyclic) bond motifs is 2. The van der Waals surface area contributed by atoms with Crippen LogP contribution in [0.2, 0.25) is 0 Å². The van der Waals surface area contributed by atoms with E-state index in [4.69, 9.17) is 10.5 Å². The van der Waals surface area contributed by atoms with Crippen molar-refractivity contribution in [1.29, 1.82) is 0 Å². The van der Waals surface area contributed by atoms with Gasteiger partial charge in [0, 0.05) is 36.8 Å². The van der Waals surface area contributed by atoms with Gasteiger partial charge in [0.25, 0.3) is 0 Å². The molecule has 2 atom stereocenters. The third-order valence-corrected chi connectivity index (χ3v) is 6.64. The monoisotopic (exact) mass is 431 g/mol. The molecule has 0 saturated carbocycles. The topological polar surface area (TPSA) is 41.7 Å². The highest BCUT2D eigenvalue weighted by Gasteiger charge is 2.32. The number of likely N-dealkylation sites (tertiary alicyclic amines) is 1. The number of aryl methyl sites for hydroxylation is 1. The molecule has 0 radical (unpaired) electrons. The Labute approximate surface area is 189 Å². The van der Waals surface area contributed by atoms with Crippen LogP contribution in [0.15, 0.2) is 66.7 Å². The Hall–Kier alpha value is -2.89. The number of ether oxygens (including phenoxy) is 1. The first-order valence-corrected chi connectivity index (χ1v) is 11.4.